The van der Waals surface area contributed by atoms with Crippen molar-refractivity contribution in [1.29, 1.82) is 0 Å². The predicted octanol–water partition coefficient (Wildman–Crippen LogP) is 1.92. The highest BCUT2D eigenvalue weighted by Gasteiger charge is 2.19. The molecule has 1 aromatic carbocycles. The Balaban J connectivity index is 2.53. The van der Waals surface area contributed by atoms with E-state index < -0.39 is 5.60 Å². The quantitative estimate of drug-likeness (QED) is 0.821. The SMILES string of the molecule is CN(CC(C)(C)O)C(=O)Nc1ccccc1. The summed E-state index contributed by atoms with van der Waals surface area (Å²) in [6, 6.07) is 8.99. The van der Waals surface area contributed by atoms with Gasteiger partial charge in [0.05, 0.1) is 12.1 Å². The molecule has 1 rings (SSSR count). The van der Waals surface area contributed by atoms with E-state index in [9.17, 15) is 9.90 Å². The molecule has 0 radical (unpaired) electrons. The molecule has 0 heterocycles. The van der Waals surface area contributed by atoms with Gasteiger partial charge in [0.15, 0.2) is 0 Å². The largest absolute Gasteiger partial charge is 0.389 e. The molecular weight excluding hydrogens is 204 g/mol. The number of rotatable bonds is 3. The highest BCUT2D eigenvalue weighted by atomic mass is 16.3. The summed E-state index contributed by atoms with van der Waals surface area (Å²) in [5, 5.41) is 12.3. The van der Waals surface area contributed by atoms with E-state index in [4.69, 9.17) is 0 Å². The number of likely N-dealkylation sites (N-methyl/N-ethyl adjacent to an activating group) is 1. The number of nitrogens with one attached hydrogen (secondary N) is 1. The van der Waals surface area contributed by atoms with Gasteiger partial charge in [0.1, 0.15) is 0 Å². The second kappa shape index (κ2) is 4.99. The van der Waals surface area contributed by atoms with Crippen molar-refractivity contribution in [3.63, 3.8) is 0 Å². The summed E-state index contributed by atoms with van der Waals surface area (Å²) in [5.74, 6) is 0. The average molecular weight is 222 g/mol. The summed E-state index contributed by atoms with van der Waals surface area (Å²) < 4.78 is 0. The van der Waals surface area contributed by atoms with Crippen molar-refractivity contribution in [2.24, 2.45) is 0 Å². The third-order valence-electron chi connectivity index (χ3n) is 2.00. The first-order valence-electron chi connectivity index (χ1n) is 5.18. The fourth-order valence-corrected chi connectivity index (χ4v) is 1.39. The fourth-order valence-electron chi connectivity index (χ4n) is 1.39. The number of nitrogens with zero attached hydrogens (tertiary/aromatic N) is 1. The molecule has 0 fully saturated rings. The molecular formula is C12H18N2O2. The van der Waals surface area contributed by atoms with Gasteiger partial charge in [0.2, 0.25) is 0 Å². The van der Waals surface area contributed by atoms with Crippen LogP contribution in [0.1, 0.15) is 13.8 Å². The Hall–Kier alpha value is -1.55. The van der Waals surface area contributed by atoms with Crippen molar-refractivity contribution in [1.82, 2.24) is 4.90 Å². The summed E-state index contributed by atoms with van der Waals surface area (Å²) in [7, 11) is 1.65. The average Bonchev–Trinajstić information content (AvgIpc) is 2.16. The zero-order valence-corrected chi connectivity index (χ0v) is 9.90. The molecule has 0 aromatic heterocycles. The number of aliphatic hydroxyl groups is 1. The first kappa shape index (κ1) is 12.5. The maximum Gasteiger partial charge on any atom is 0.321 e. The normalized spacial score (nSPS) is 11.0. The number of carbonyl (C=O) groups excluding carboxylic acids is 1. The van der Waals surface area contributed by atoms with E-state index >= 15 is 0 Å². The number of para-hydroxylation sites is 1. The Labute approximate surface area is 95.9 Å². The molecule has 0 unspecified atom stereocenters. The molecule has 0 spiro atoms. The monoisotopic (exact) mass is 222 g/mol. The molecule has 2 N–H and O–H groups in total. The Kier molecular flexibility index (Phi) is 3.90. The number of amides is 2. The number of benzene rings is 1. The second-order valence-corrected chi connectivity index (χ2v) is 4.46. The van der Waals surface area contributed by atoms with Crippen molar-refractivity contribution in [2.75, 3.05) is 18.9 Å². The van der Waals surface area contributed by atoms with Gasteiger partial charge in [0.25, 0.3) is 0 Å². The minimum atomic E-state index is -0.886. The zero-order chi connectivity index (χ0) is 12.2. The van der Waals surface area contributed by atoms with Crippen LogP contribution in [0, 0.1) is 0 Å². The highest BCUT2D eigenvalue weighted by molar-refractivity contribution is 5.89. The molecule has 0 aliphatic rings. The molecule has 0 atom stereocenters. The highest BCUT2D eigenvalue weighted by Crippen LogP contribution is 2.08. The van der Waals surface area contributed by atoms with Crippen LogP contribution >= 0.6 is 0 Å². The van der Waals surface area contributed by atoms with Crippen LogP contribution in [0.3, 0.4) is 0 Å². The van der Waals surface area contributed by atoms with Gasteiger partial charge in [-0.15, -0.1) is 0 Å². The summed E-state index contributed by atoms with van der Waals surface area (Å²) in [4.78, 5) is 13.1. The van der Waals surface area contributed by atoms with E-state index in [-0.39, 0.29) is 12.6 Å². The van der Waals surface area contributed by atoms with Crippen molar-refractivity contribution in [2.45, 2.75) is 19.4 Å². The predicted molar refractivity (Wildman–Crippen MR) is 64.4 cm³/mol. The van der Waals surface area contributed by atoms with Crippen LogP contribution in [-0.2, 0) is 0 Å². The van der Waals surface area contributed by atoms with Crippen LogP contribution in [0.2, 0.25) is 0 Å². The Morgan fingerprint density at radius 2 is 1.94 bits per heavy atom. The van der Waals surface area contributed by atoms with Gasteiger partial charge in [-0.2, -0.15) is 0 Å². The van der Waals surface area contributed by atoms with Crippen LogP contribution in [0.15, 0.2) is 30.3 Å². The van der Waals surface area contributed by atoms with E-state index in [0.29, 0.717) is 0 Å². The van der Waals surface area contributed by atoms with Gasteiger partial charge in [-0.3, -0.25) is 0 Å². The van der Waals surface area contributed by atoms with Crippen LogP contribution < -0.4 is 5.32 Å². The lowest BCUT2D eigenvalue weighted by atomic mass is 10.1. The number of hydrogen-bond acceptors (Lipinski definition) is 2. The zero-order valence-electron chi connectivity index (χ0n) is 9.90. The second-order valence-electron chi connectivity index (χ2n) is 4.46. The smallest absolute Gasteiger partial charge is 0.321 e. The van der Waals surface area contributed by atoms with E-state index in [1.54, 1.807) is 20.9 Å². The molecule has 0 saturated heterocycles. The molecule has 0 bridgehead atoms. The lowest BCUT2D eigenvalue weighted by Gasteiger charge is -2.25. The first-order chi connectivity index (χ1) is 7.38. The van der Waals surface area contributed by atoms with Gasteiger partial charge in [-0.1, -0.05) is 18.2 Å². The molecule has 88 valence electrons. The maximum absolute atomic E-state index is 11.7. The Bertz CT molecular complexity index is 344. The van der Waals surface area contributed by atoms with Gasteiger partial charge in [-0.25, -0.2) is 4.79 Å². The molecule has 4 nitrogen and oxygen atoms in total. The van der Waals surface area contributed by atoms with Crippen LogP contribution in [-0.4, -0.2) is 35.2 Å². The van der Waals surface area contributed by atoms with Crippen LogP contribution in [0.4, 0.5) is 10.5 Å². The molecule has 0 saturated carbocycles. The number of anilines is 1. The molecule has 16 heavy (non-hydrogen) atoms. The van der Waals surface area contributed by atoms with Crippen molar-refractivity contribution >= 4 is 11.7 Å². The molecule has 2 amide bonds. The summed E-state index contributed by atoms with van der Waals surface area (Å²) in [5.41, 5.74) is -0.141. The summed E-state index contributed by atoms with van der Waals surface area (Å²) in [6.07, 6.45) is 0. The van der Waals surface area contributed by atoms with E-state index in [0.717, 1.165) is 5.69 Å². The number of hydrogen-bond donors (Lipinski definition) is 2. The van der Waals surface area contributed by atoms with Crippen molar-refractivity contribution in [3.8, 4) is 0 Å². The van der Waals surface area contributed by atoms with Crippen LogP contribution in [0.5, 0.6) is 0 Å². The minimum Gasteiger partial charge on any atom is -0.389 e. The minimum absolute atomic E-state index is 0.228. The number of carbonyl (C=O) groups is 1. The topological polar surface area (TPSA) is 52.6 Å². The maximum atomic E-state index is 11.7. The van der Waals surface area contributed by atoms with E-state index in [1.165, 1.54) is 4.90 Å². The van der Waals surface area contributed by atoms with Gasteiger partial charge >= 0.3 is 6.03 Å². The lowest BCUT2D eigenvalue weighted by Crippen LogP contribution is -2.41. The lowest BCUT2D eigenvalue weighted by molar-refractivity contribution is 0.0550. The first-order valence-corrected chi connectivity index (χ1v) is 5.18. The summed E-state index contributed by atoms with van der Waals surface area (Å²) >= 11 is 0. The Morgan fingerprint density at radius 3 is 2.44 bits per heavy atom. The van der Waals surface area contributed by atoms with Crippen molar-refractivity contribution in [3.05, 3.63) is 30.3 Å². The van der Waals surface area contributed by atoms with Gasteiger partial charge in [-0.05, 0) is 26.0 Å². The number of urea groups is 1. The van der Waals surface area contributed by atoms with E-state index in [1.807, 2.05) is 30.3 Å². The van der Waals surface area contributed by atoms with Crippen LogP contribution in [0.25, 0.3) is 0 Å². The molecule has 0 aliphatic carbocycles. The summed E-state index contributed by atoms with van der Waals surface area (Å²) in [6.45, 7) is 3.62. The third-order valence-corrected chi connectivity index (χ3v) is 2.00. The standard InChI is InChI=1S/C12H18N2O2/c1-12(2,16)9-14(3)11(15)13-10-7-5-4-6-8-10/h4-8,16H,9H2,1-3H3,(H,13,15). The van der Waals surface area contributed by atoms with E-state index in [2.05, 4.69) is 5.32 Å². The molecule has 4 heteroatoms. The van der Waals surface area contributed by atoms with Gasteiger partial charge in [0, 0.05) is 12.7 Å². The molecule has 0 aliphatic heterocycles. The third kappa shape index (κ3) is 4.31. The van der Waals surface area contributed by atoms with Gasteiger partial charge < -0.3 is 15.3 Å². The van der Waals surface area contributed by atoms with Crippen molar-refractivity contribution < 1.29 is 9.90 Å². The Morgan fingerprint density at radius 1 is 1.38 bits per heavy atom. The fraction of sp³-hybridized carbons (Fsp3) is 0.417. The molecule has 1 aromatic rings.